The van der Waals surface area contributed by atoms with Crippen molar-refractivity contribution in [1.82, 2.24) is 10.2 Å². The predicted octanol–water partition coefficient (Wildman–Crippen LogP) is 3.27. The van der Waals surface area contributed by atoms with Crippen molar-refractivity contribution in [3.8, 4) is 5.75 Å². The first-order valence-electron chi connectivity index (χ1n) is 7.65. The number of carbonyl (C=O) groups excluding carboxylic acids is 2. The van der Waals surface area contributed by atoms with Crippen molar-refractivity contribution in [3.63, 3.8) is 0 Å². The van der Waals surface area contributed by atoms with Crippen LogP contribution in [0.2, 0.25) is 0 Å². The third kappa shape index (κ3) is 3.63. The number of amides is 3. The molecule has 1 aromatic carbocycles. The molecule has 1 saturated heterocycles. The Bertz CT molecular complexity index is 618. The summed E-state index contributed by atoms with van der Waals surface area (Å²) in [4.78, 5) is 27.2. The normalized spacial score (nSPS) is 21.0. The number of carbonyl (C=O) groups is 2. The Morgan fingerprint density at radius 1 is 1.35 bits per heavy atom. The highest BCUT2D eigenvalue weighted by Crippen LogP contribution is 2.30. The van der Waals surface area contributed by atoms with Crippen molar-refractivity contribution in [3.05, 3.63) is 23.8 Å². The lowest BCUT2D eigenvalue weighted by Crippen LogP contribution is -2.44. The van der Waals surface area contributed by atoms with Gasteiger partial charge in [-0.05, 0) is 43.2 Å². The van der Waals surface area contributed by atoms with E-state index < -0.39 is 5.54 Å². The summed E-state index contributed by atoms with van der Waals surface area (Å²) in [6, 6.07) is 5.42. The fourth-order valence-electron chi connectivity index (χ4n) is 3.01. The van der Waals surface area contributed by atoms with Crippen LogP contribution < -0.4 is 10.1 Å². The minimum atomic E-state index is -0.811. The van der Waals surface area contributed by atoms with Gasteiger partial charge in [-0.1, -0.05) is 19.9 Å². The summed E-state index contributed by atoms with van der Waals surface area (Å²) in [6.07, 6.45) is 2.61. The number of methoxy groups -OCH3 is 1. The van der Waals surface area contributed by atoms with Gasteiger partial charge in [0.25, 0.3) is 5.91 Å². The minimum absolute atomic E-state index is 0.163. The molecule has 1 aromatic rings. The van der Waals surface area contributed by atoms with Gasteiger partial charge in [0.05, 0.1) is 13.7 Å². The number of nitrogens with one attached hydrogen (secondary N) is 1. The second-order valence-electron chi connectivity index (χ2n) is 6.44. The number of ether oxygens (including phenoxy) is 1. The number of benzene rings is 1. The van der Waals surface area contributed by atoms with E-state index in [0.717, 1.165) is 16.2 Å². The summed E-state index contributed by atoms with van der Waals surface area (Å²) in [6.45, 7) is 6.13. The first kappa shape index (κ1) is 17.7. The number of imide groups is 1. The predicted molar refractivity (Wildman–Crippen MR) is 91.7 cm³/mol. The molecule has 3 amide bonds. The molecule has 1 heterocycles. The monoisotopic (exact) mass is 336 g/mol. The van der Waals surface area contributed by atoms with Gasteiger partial charge in [-0.2, -0.15) is 0 Å². The molecule has 5 nitrogen and oxygen atoms in total. The smallest absolute Gasteiger partial charge is 0.325 e. The number of hydrogen-bond donors (Lipinski definition) is 1. The van der Waals surface area contributed by atoms with Crippen LogP contribution in [0.25, 0.3) is 0 Å². The molecular weight excluding hydrogens is 312 g/mol. The Kier molecular flexibility index (Phi) is 5.24. The van der Waals surface area contributed by atoms with E-state index in [0.29, 0.717) is 12.3 Å². The van der Waals surface area contributed by atoms with Crippen molar-refractivity contribution < 1.29 is 14.3 Å². The molecule has 0 aromatic heterocycles. The topological polar surface area (TPSA) is 58.6 Å². The zero-order chi connectivity index (χ0) is 17.2. The summed E-state index contributed by atoms with van der Waals surface area (Å²) >= 11 is 1.59. The van der Waals surface area contributed by atoms with Gasteiger partial charge in [0.2, 0.25) is 0 Å². The van der Waals surface area contributed by atoms with E-state index in [9.17, 15) is 9.59 Å². The summed E-state index contributed by atoms with van der Waals surface area (Å²) in [5.41, 5.74) is 0.0612. The lowest BCUT2D eigenvalue weighted by molar-refractivity contribution is -0.131. The van der Waals surface area contributed by atoms with Gasteiger partial charge in [-0.25, -0.2) is 4.79 Å². The highest BCUT2D eigenvalue weighted by atomic mass is 32.2. The molecule has 0 bridgehead atoms. The van der Waals surface area contributed by atoms with E-state index in [1.165, 1.54) is 4.90 Å². The van der Waals surface area contributed by atoms with E-state index in [1.54, 1.807) is 25.8 Å². The highest BCUT2D eigenvalue weighted by Gasteiger charge is 2.47. The molecule has 0 aliphatic carbocycles. The molecule has 0 radical (unpaired) electrons. The van der Waals surface area contributed by atoms with Crippen LogP contribution in [0, 0.1) is 5.92 Å². The first-order valence-corrected chi connectivity index (χ1v) is 8.88. The zero-order valence-electron chi connectivity index (χ0n) is 14.3. The van der Waals surface area contributed by atoms with Gasteiger partial charge in [0.1, 0.15) is 11.3 Å². The molecule has 2 rings (SSSR count). The second-order valence-corrected chi connectivity index (χ2v) is 7.29. The fraction of sp³-hybridized carbons (Fsp3) is 0.529. The molecule has 1 fully saturated rings. The molecular formula is C17H24N2O3S. The standard InChI is InChI=1S/C17H24N2O3S/c1-11(2)9-17(3)15(20)19(16(21)18-17)10-12-6-7-14(23-5)13(8-12)22-4/h6-8,11H,9-10H2,1-5H3,(H,18,21). The van der Waals surface area contributed by atoms with Crippen LogP contribution in [0.1, 0.15) is 32.8 Å². The van der Waals surface area contributed by atoms with Crippen LogP contribution in [-0.2, 0) is 11.3 Å². The van der Waals surface area contributed by atoms with E-state index in [1.807, 2.05) is 38.3 Å². The molecule has 0 saturated carbocycles. The van der Waals surface area contributed by atoms with Crippen molar-refractivity contribution in [1.29, 1.82) is 0 Å². The number of hydrogen-bond acceptors (Lipinski definition) is 4. The Morgan fingerprint density at radius 2 is 2.04 bits per heavy atom. The average Bonchev–Trinajstić information content (AvgIpc) is 2.69. The Morgan fingerprint density at radius 3 is 2.61 bits per heavy atom. The molecule has 1 unspecified atom stereocenters. The quantitative estimate of drug-likeness (QED) is 0.640. The molecule has 1 aliphatic heterocycles. The van der Waals surface area contributed by atoms with E-state index in [-0.39, 0.29) is 18.5 Å². The molecule has 6 heteroatoms. The maximum Gasteiger partial charge on any atom is 0.325 e. The Hall–Kier alpha value is -1.69. The summed E-state index contributed by atoms with van der Waals surface area (Å²) in [5.74, 6) is 0.918. The largest absolute Gasteiger partial charge is 0.496 e. The van der Waals surface area contributed by atoms with Crippen LogP contribution in [0.4, 0.5) is 4.79 Å². The van der Waals surface area contributed by atoms with Crippen molar-refractivity contribution in [2.24, 2.45) is 5.92 Å². The molecule has 1 atom stereocenters. The van der Waals surface area contributed by atoms with Crippen LogP contribution in [-0.4, -0.2) is 35.7 Å². The Balaban J connectivity index is 2.20. The van der Waals surface area contributed by atoms with Crippen LogP contribution in [0.3, 0.4) is 0 Å². The van der Waals surface area contributed by atoms with Gasteiger partial charge in [0, 0.05) is 4.90 Å². The molecule has 1 aliphatic rings. The molecule has 0 spiro atoms. The van der Waals surface area contributed by atoms with Crippen molar-refractivity contribution in [2.75, 3.05) is 13.4 Å². The van der Waals surface area contributed by atoms with Gasteiger partial charge in [-0.15, -0.1) is 11.8 Å². The average molecular weight is 336 g/mol. The van der Waals surface area contributed by atoms with Gasteiger partial charge >= 0.3 is 6.03 Å². The fourth-order valence-corrected chi connectivity index (χ4v) is 3.55. The van der Waals surface area contributed by atoms with E-state index in [4.69, 9.17) is 4.74 Å². The summed E-state index contributed by atoms with van der Waals surface area (Å²) in [5, 5.41) is 2.83. The van der Waals surface area contributed by atoms with Gasteiger partial charge in [0.15, 0.2) is 0 Å². The first-order chi connectivity index (χ1) is 10.8. The lowest BCUT2D eigenvalue weighted by atomic mass is 9.91. The Labute approximate surface area is 141 Å². The number of urea groups is 1. The third-order valence-corrected chi connectivity index (χ3v) is 4.73. The highest BCUT2D eigenvalue weighted by molar-refractivity contribution is 7.98. The second kappa shape index (κ2) is 6.83. The molecule has 1 N–H and O–H groups in total. The third-order valence-electron chi connectivity index (χ3n) is 3.95. The minimum Gasteiger partial charge on any atom is -0.496 e. The lowest BCUT2D eigenvalue weighted by Gasteiger charge is -2.23. The van der Waals surface area contributed by atoms with Crippen LogP contribution in [0.15, 0.2) is 23.1 Å². The zero-order valence-corrected chi connectivity index (χ0v) is 15.1. The van der Waals surface area contributed by atoms with Crippen LogP contribution in [0.5, 0.6) is 5.75 Å². The van der Waals surface area contributed by atoms with Crippen LogP contribution >= 0.6 is 11.8 Å². The molecule has 126 valence electrons. The maximum atomic E-state index is 12.7. The van der Waals surface area contributed by atoms with Crippen molar-refractivity contribution >= 4 is 23.7 Å². The van der Waals surface area contributed by atoms with E-state index >= 15 is 0 Å². The summed E-state index contributed by atoms with van der Waals surface area (Å²) in [7, 11) is 1.62. The SMILES string of the molecule is COc1cc(CN2C(=O)NC(C)(CC(C)C)C2=O)ccc1SC. The van der Waals surface area contributed by atoms with E-state index in [2.05, 4.69) is 5.32 Å². The molecule has 23 heavy (non-hydrogen) atoms. The number of thioether (sulfide) groups is 1. The number of nitrogens with zero attached hydrogens (tertiary/aromatic N) is 1. The number of rotatable bonds is 6. The van der Waals surface area contributed by atoms with Gasteiger partial charge in [-0.3, -0.25) is 9.69 Å². The maximum absolute atomic E-state index is 12.7. The summed E-state index contributed by atoms with van der Waals surface area (Å²) < 4.78 is 5.36. The van der Waals surface area contributed by atoms with Gasteiger partial charge < -0.3 is 10.1 Å². The van der Waals surface area contributed by atoms with Crippen molar-refractivity contribution in [2.45, 2.75) is 44.2 Å².